The Morgan fingerprint density at radius 1 is 1.30 bits per heavy atom. The molecule has 0 bridgehead atoms. The van der Waals surface area contributed by atoms with Crippen LogP contribution in [0.2, 0.25) is 0 Å². The van der Waals surface area contributed by atoms with Crippen LogP contribution in [0.5, 0.6) is 0 Å². The Labute approximate surface area is 133 Å². The van der Waals surface area contributed by atoms with Crippen LogP contribution < -0.4 is 5.73 Å². The van der Waals surface area contributed by atoms with Crippen LogP contribution in [0.25, 0.3) is 5.65 Å². The molecule has 1 saturated carbocycles. The SMILES string of the molecule is CN1C(=O)CN(Cc2cc(C3CC3)cn3cc(CN)nc23)C1=O. The van der Waals surface area contributed by atoms with Crippen LogP contribution in [0.1, 0.15) is 35.6 Å². The quantitative estimate of drug-likeness (QED) is 0.856. The van der Waals surface area contributed by atoms with E-state index in [9.17, 15) is 9.59 Å². The average Bonchev–Trinajstić information content (AvgIpc) is 3.26. The largest absolute Gasteiger partial charge is 0.327 e. The van der Waals surface area contributed by atoms with Crippen molar-refractivity contribution in [2.75, 3.05) is 13.6 Å². The molecule has 0 unspecified atom stereocenters. The Morgan fingerprint density at radius 2 is 2.09 bits per heavy atom. The van der Waals surface area contributed by atoms with Gasteiger partial charge < -0.3 is 15.0 Å². The highest BCUT2D eigenvalue weighted by Gasteiger charge is 2.33. The molecule has 2 aromatic heterocycles. The van der Waals surface area contributed by atoms with E-state index < -0.39 is 0 Å². The Morgan fingerprint density at radius 3 is 2.70 bits per heavy atom. The molecule has 3 amide bonds. The van der Waals surface area contributed by atoms with Gasteiger partial charge in [0.2, 0.25) is 5.91 Å². The molecule has 0 spiro atoms. The number of rotatable bonds is 4. The van der Waals surface area contributed by atoms with Crippen LogP contribution in [0.4, 0.5) is 4.79 Å². The third-order valence-electron chi connectivity index (χ3n) is 4.58. The van der Waals surface area contributed by atoms with Gasteiger partial charge in [-0.15, -0.1) is 0 Å². The van der Waals surface area contributed by atoms with Gasteiger partial charge in [-0.05, 0) is 30.4 Å². The molecule has 120 valence electrons. The standard InChI is InChI=1S/C16H19N5O2/c1-19-14(22)9-21(16(19)23)7-12-4-11(10-2-3-10)6-20-8-13(5-17)18-15(12)20/h4,6,8,10H,2-3,5,7,9,17H2,1H3. The summed E-state index contributed by atoms with van der Waals surface area (Å²) in [6.45, 7) is 0.892. The summed E-state index contributed by atoms with van der Waals surface area (Å²) in [5.74, 6) is 0.427. The number of hydrogen-bond acceptors (Lipinski definition) is 4. The van der Waals surface area contributed by atoms with Crippen LogP contribution in [-0.4, -0.2) is 44.7 Å². The number of carbonyl (C=O) groups is 2. The molecule has 4 rings (SSSR count). The van der Waals surface area contributed by atoms with Crippen molar-refractivity contribution >= 4 is 17.6 Å². The zero-order chi connectivity index (χ0) is 16.1. The van der Waals surface area contributed by atoms with E-state index in [1.165, 1.54) is 30.4 Å². The molecule has 23 heavy (non-hydrogen) atoms. The van der Waals surface area contributed by atoms with E-state index in [1.54, 1.807) is 4.90 Å². The number of nitrogens with two attached hydrogens (primary N) is 1. The van der Waals surface area contributed by atoms with Crippen LogP contribution in [0, 0.1) is 0 Å². The Kier molecular flexibility index (Phi) is 3.12. The normalized spacial score (nSPS) is 18.5. The van der Waals surface area contributed by atoms with Crippen LogP contribution >= 0.6 is 0 Å². The van der Waals surface area contributed by atoms with E-state index in [4.69, 9.17) is 5.73 Å². The first-order valence-corrected chi connectivity index (χ1v) is 7.82. The van der Waals surface area contributed by atoms with Gasteiger partial charge in [0.25, 0.3) is 0 Å². The fourth-order valence-electron chi connectivity index (χ4n) is 3.08. The minimum Gasteiger partial charge on any atom is -0.325 e. The molecule has 7 heteroatoms. The van der Waals surface area contributed by atoms with Crippen molar-refractivity contribution in [3.05, 3.63) is 35.3 Å². The number of amides is 3. The zero-order valence-corrected chi connectivity index (χ0v) is 13.0. The molecule has 1 saturated heterocycles. The maximum Gasteiger partial charge on any atom is 0.327 e. The molecule has 7 nitrogen and oxygen atoms in total. The van der Waals surface area contributed by atoms with E-state index in [1.807, 2.05) is 10.6 Å². The number of likely N-dealkylation sites (N-methyl/N-ethyl adjacent to an activating group) is 1. The molecule has 0 atom stereocenters. The van der Waals surface area contributed by atoms with Gasteiger partial charge in [-0.25, -0.2) is 9.78 Å². The van der Waals surface area contributed by atoms with E-state index in [0.717, 1.165) is 16.9 Å². The summed E-state index contributed by atoms with van der Waals surface area (Å²) in [4.78, 5) is 31.1. The molecular weight excluding hydrogens is 294 g/mol. The second-order valence-electron chi connectivity index (χ2n) is 6.33. The lowest BCUT2D eigenvalue weighted by molar-refractivity contribution is -0.124. The first kappa shape index (κ1) is 14.2. The minimum atomic E-state index is -0.254. The predicted octanol–water partition coefficient (Wildman–Crippen LogP) is 1.06. The van der Waals surface area contributed by atoms with Gasteiger partial charge in [-0.3, -0.25) is 9.69 Å². The van der Waals surface area contributed by atoms with Gasteiger partial charge in [-0.2, -0.15) is 0 Å². The molecule has 1 aliphatic heterocycles. The highest BCUT2D eigenvalue weighted by molar-refractivity contribution is 6.01. The molecule has 1 aliphatic carbocycles. The second-order valence-corrected chi connectivity index (χ2v) is 6.33. The first-order chi connectivity index (χ1) is 11.1. The molecule has 2 fully saturated rings. The maximum atomic E-state index is 12.1. The van der Waals surface area contributed by atoms with E-state index in [-0.39, 0.29) is 18.5 Å². The lowest BCUT2D eigenvalue weighted by Gasteiger charge is -2.16. The molecular formula is C16H19N5O2. The lowest BCUT2D eigenvalue weighted by Crippen LogP contribution is -2.29. The third-order valence-corrected chi connectivity index (χ3v) is 4.58. The smallest absolute Gasteiger partial charge is 0.325 e. The lowest BCUT2D eigenvalue weighted by atomic mass is 10.1. The minimum absolute atomic E-state index is 0.125. The van der Waals surface area contributed by atoms with Gasteiger partial charge in [0, 0.05) is 31.5 Å². The molecule has 0 radical (unpaired) electrons. The summed E-state index contributed by atoms with van der Waals surface area (Å²) < 4.78 is 2.00. The van der Waals surface area contributed by atoms with Gasteiger partial charge >= 0.3 is 6.03 Å². The molecule has 0 aromatic carbocycles. The van der Waals surface area contributed by atoms with Crippen molar-refractivity contribution in [2.45, 2.75) is 31.8 Å². The van der Waals surface area contributed by atoms with E-state index in [0.29, 0.717) is 19.0 Å². The fourth-order valence-corrected chi connectivity index (χ4v) is 3.08. The number of aromatic nitrogens is 2. The Bertz CT molecular complexity index is 808. The summed E-state index contributed by atoms with van der Waals surface area (Å²) >= 11 is 0. The van der Waals surface area contributed by atoms with Gasteiger partial charge in [-0.1, -0.05) is 0 Å². The van der Waals surface area contributed by atoms with Crippen molar-refractivity contribution in [1.82, 2.24) is 19.2 Å². The number of carbonyl (C=O) groups excluding carboxylic acids is 2. The number of imidazole rings is 1. The highest BCUT2D eigenvalue weighted by atomic mass is 16.2. The Hall–Kier alpha value is -2.41. The van der Waals surface area contributed by atoms with Crippen molar-refractivity contribution in [3.63, 3.8) is 0 Å². The maximum absolute atomic E-state index is 12.1. The molecule has 2 aromatic rings. The van der Waals surface area contributed by atoms with E-state index in [2.05, 4.69) is 17.2 Å². The summed E-state index contributed by atoms with van der Waals surface area (Å²) in [5.41, 5.74) is 9.56. The summed E-state index contributed by atoms with van der Waals surface area (Å²) in [7, 11) is 1.52. The average molecular weight is 313 g/mol. The second kappa shape index (κ2) is 5.06. The van der Waals surface area contributed by atoms with Crippen LogP contribution in [0.3, 0.4) is 0 Å². The fraction of sp³-hybridized carbons (Fsp3) is 0.438. The zero-order valence-electron chi connectivity index (χ0n) is 13.0. The van der Waals surface area contributed by atoms with Gasteiger partial charge in [0.05, 0.1) is 12.2 Å². The molecule has 2 N–H and O–H groups in total. The van der Waals surface area contributed by atoms with Crippen LogP contribution in [0.15, 0.2) is 18.5 Å². The number of imide groups is 1. The molecule has 3 heterocycles. The number of urea groups is 1. The van der Waals surface area contributed by atoms with E-state index >= 15 is 0 Å². The summed E-state index contributed by atoms with van der Waals surface area (Å²) in [6, 6.07) is 1.87. The van der Waals surface area contributed by atoms with Gasteiger partial charge in [0.1, 0.15) is 12.2 Å². The molecule has 2 aliphatic rings. The van der Waals surface area contributed by atoms with Crippen LogP contribution in [-0.2, 0) is 17.9 Å². The Balaban J connectivity index is 1.74. The van der Waals surface area contributed by atoms with Crippen molar-refractivity contribution in [1.29, 1.82) is 0 Å². The highest BCUT2D eigenvalue weighted by Crippen LogP contribution is 2.40. The topological polar surface area (TPSA) is 83.9 Å². The first-order valence-electron chi connectivity index (χ1n) is 7.82. The number of nitrogens with zero attached hydrogens (tertiary/aromatic N) is 4. The number of pyridine rings is 1. The van der Waals surface area contributed by atoms with Crippen molar-refractivity contribution in [3.8, 4) is 0 Å². The summed E-state index contributed by atoms with van der Waals surface area (Å²) in [5, 5.41) is 0. The van der Waals surface area contributed by atoms with Gasteiger partial charge in [0.15, 0.2) is 0 Å². The summed E-state index contributed by atoms with van der Waals surface area (Å²) in [6.07, 6.45) is 6.44. The van der Waals surface area contributed by atoms with Crippen molar-refractivity contribution in [2.24, 2.45) is 5.73 Å². The monoisotopic (exact) mass is 313 g/mol. The number of hydrogen-bond donors (Lipinski definition) is 1. The number of fused-ring (bicyclic) bond motifs is 1. The third kappa shape index (κ3) is 2.37. The predicted molar refractivity (Wildman–Crippen MR) is 83.6 cm³/mol. The van der Waals surface area contributed by atoms with Crippen molar-refractivity contribution < 1.29 is 9.59 Å².